The Balaban J connectivity index is 1.85. The van der Waals surface area contributed by atoms with Gasteiger partial charge in [0.2, 0.25) is 0 Å². The summed E-state index contributed by atoms with van der Waals surface area (Å²) < 4.78 is 5.82. The average Bonchev–Trinajstić information content (AvgIpc) is 2.83. The number of hydrogen-bond acceptors (Lipinski definition) is 2. The SMILES string of the molecule is CCCC1CCC(NC)C(CC2CCCO2)C1. The first-order valence-electron chi connectivity index (χ1n) is 7.62. The van der Waals surface area contributed by atoms with E-state index in [9.17, 15) is 0 Å². The van der Waals surface area contributed by atoms with Crippen LogP contribution in [0.15, 0.2) is 0 Å². The van der Waals surface area contributed by atoms with Gasteiger partial charge in [-0.25, -0.2) is 0 Å². The Bertz CT molecular complexity index is 213. The maximum atomic E-state index is 5.82. The van der Waals surface area contributed by atoms with E-state index in [4.69, 9.17) is 4.74 Å². The van der Waals surface area contributed by atoms with Gasteiger partial charge in [0.15, 0.2) is 0 Å². The minimum Gasteiger partial charge on any atom is -0.378 e. The minimum absolute atomic E-state index is 0.566. The lowest BCUT2D eigenvalue weighted by Gasteiger charge is -2.37. The highest BCUT2D eigenvalue weighted by molar-refractivity contribution is 4.86. The van der Waals surface area contributed by atoms with E-state index in [0.29, 0.717) is 6.10 Å². The van der Waals surface area contributed by atoms with Gasteiger partial charge in [0.25, 0.3) is 0 Å². The summed E-state index contributed by atoms with van der Waals surface area (Å²) in [6, 6.07) is 0.743. The molecule has 100 valence electrons. The van der Waals surface area contributed by atoms with E-state index in [2.05, 4.69) is 19.3 Å². The fourth-order valence-corrected chi connectivity index (χ4v) is 3.84. The fraction of sp³-hybridized carbons (Fsp3) is 1.00. The predicted octanol–water partition coefficient (Wildman–Crippen LogP) is 3.36. The smallest absolute Gasteiger partial charge is 0.0579 e. The second-order valence-electron chi connectivity index (χ2n) is 5.99. The topological polar surface area (TPSA) is 21.3 Å². The fourth-order valence-electron chi connectivity index (χ4n) is 3.84. The van der Waals surface area contributed by atoms with Crippen molar-refractivity contribution in [3.63, 3.8) is 0 Å². The molecule has 4 unspecified atom stereocenters. The monoisotopic (exact) mass is 239 g/mol. The van der Waals surface area contributed by atoms with Crippen LogP contribution < -0.4 is 5.32 Å². The minimum atomic E-state index is 0.566. The van der Waals surface area contributed by atoms with Crippen molar-refractivity contribution in [1.82, 2.24) is 5.32 Å². The van der Waals surface area contributed by atoms with E-state index in [0.717, 1.165) is 24.5 Å². The van der Waals surface area contributed by atoms with Gasteiger partial charge in [-0.3, -0.25) is 0 Å². The lowest BCUT2D eigenvalue weighted by Crippen LogP contribution is -2.40. The van der Waals surface area contributed by atoms with Gasteiger partial charge in [0, 0.05) is 12.6 Å². The van der Waals surface area contributed by atoms with Crippen LogP contribution in [0, 0.1) is 11.8 Å². The molecule has 0 amide bonds. The molecular weight excluding hydrogens is 210 g/mol. The first-order valence-corrected chi connectivity index (χ1v) is 7.62. The van der Waals surface area contributed by atoms with Crippen LogP contribution in [0.5, 0.6) is 0 Å². The van der Waals surface area contributed by atoms with Crippen molar-refractivity contribution in [2.75, 3.05) is 13.7 Å². The zero-order valence-electron chi connectivity index (χ0n) is 11.6. The van der Waals surface area contributed by atoms with Crippen LogP contribution >= 0.6 is 0 Å². The van der Waals surface area contributed by atoms with E-state index >= 15 is 0 Å². The van der Waals surface area contributed by atoms with Gasteiger partial charge in [-0.15, -0.1) is 0 Å². The van der Waals surface area contributed by atoms with Crippen molar-refractivity contribution >= 4 is 0 Å². The molecule has 2 fully saturated rings. The molecule has 0 bridgehead atoms. The lowest BCUT2D eigenvalue weighted by molar-refractivity contribution is 0.0673. The summed E-state index contributed by atoms with van der Waals surface area (Å²) in [5.74, 6) is 1.84. The normalized spacial score (nSPS) is 38.5. The van der Waals surface area contributed by atoms with Gasteiger partial charge in [-0.05, 0) is 57.4 Å². The molecule has 2 heteroatoms. The second kappa shape index (κ2) is 6.75. The number of nitrogens with one attached hydrogen (secondary N) is 1. The van der Waals surface area contributed by atoms with Crippen LogP contribution in [0.3, 0.4) is 0 Å². The second-order valence-corrected chi connectivity index (χ2v) is 5.99. The Morgan fingerprint density at radius 1 is 1.24 bits per heavy atom. The van der Waals surface area contributed by atoms with E-state index in [1.807, 2.05) is 0 Å². The Labute approximate surface area is 107 Å². The third kappa shape index (κ3) is 3.69. The van der Waals surface area contributed by atoms with E-state index < -0.39 is 0 Å². The van der Waals surface area contributed by atoms with Crippen molar-refractivity contribution in [2.45, 2.75) is 70.4 Å². The standard InChI is InChI=1S/C15H29NO/c1-3-5-12-7-8-15(16-2)13(10-12)11-14-6-4-9-17-14/h12-16H,3-11H2,1-2H3. The van der Waals surface area contributed by atoms with Gasteiger partial charge in [0.05, 0.1) is 6.10 Å². The Hall–Kier alpha value is -0.0800. The zero-order chi connectivity index (χ0) is 12.1. The zero-order valence-corrected chi connectivity index (χ0v) is 11.6. The molecule has 1 aliphatic heterocycles. The van der Waals surface area contributed by atoms with Gasteiger partial charge >= 0.3 is 0 Å². The number of rotatable bonds is 5. The van der Waals surface area contributed by atoms with Crippen LogP contribution in [-0.2, 0) is 4.74 Å². The van der Waals surface area contributed by atoms with E-state index in [1.165, 1.54) is 51.4 Å². The van der Waals surface area contributed by atoms with Gasteiger partial charge in [0.1, 0.15) is 0 Å². The molecule has 2 aliphatic rings. The highest BCUT2D eigenvalue weighted by Gasteiger charge is 2.31. The highest BCUT2D eigenvalue weighted by Crippen LogP contribution is 2.36. The Morgan fingerprint density at radius 3 is 2.76 bits per heavy atom. The Morgan fingerprint density at radius 2 is 2.12 bits per heavy atom. The molecule has 2 rings (SSSR count). The van der Waals surface area contributed by atoms with Crippen LogP contribution in [0.2, 0.25) is 0 Å². The summed E-state index contributed by atoms with van der Waals surface area (Å²) in [5, 5.41) is 3.54. The lowest BCUT2D eigenvalue weighted by atomic mass is 9.74. The Kier molecular flexibility index (Phi) is 5.30. The molecule has 0 spiro atoms. The number of hydrogen-bond donors (Lipinski definition) is 1. The predicted molar refractivity (Wildman–Crippen MR) is 72.2 cm³/mol. The largest absolute Gasteiger partial charge is 0.378 e. The summed E-state index contributed by atoms with van der Waals surface area (Å²) >= 11 is 0. The van der Waals surface area contributed by atoms with Crippen molar-refractivity contribution in [1.29, 1.82) is 0 Å². The third-order valence-corrected chi connectivity index (χ3v) is 4.75. The molecule has 1 saturated carbocycles. The van der Waals surface area contributed by atoms with Gasteiger partial charge < -0.3 is 10.1 Å². The highest BCUT2D eigenvalue weighted by atomic mass is 16.5. The molecule has 0 aromatic heterocycles. The molecule has 1 heterocycles. The first-order chi connectivity index (χ1) is 8.33. The molecule has 0 aromatic carbocycles. The molecular formula is C15H29NO. The molecule has 1 N–H and O–H groups in total. The molecule has 0 aromatic rings. The van der Waals surface area contributed by atoms with Gasteiger partial charge in [-0.2, -0.15) is 0 Å². The van der Waals surface area contributed by atoms with Crippen LogP contribution in [0.25, 0.3) is 0 Å². The summed E-state index contributed by atoms with van der Waals surface area (Å²) in [6.07, 6.45) is 11.5. The van der Waals surface area contributed by atoms with Crippen LogP contribution in [-0.4, -0.2) is 25.8 Å². The molecule has 17 heavy (non-hydrogen) atoms. The number of ether oxygens (including phenoxy) is 1. The summed E-state index contributed by atoms with van der Waals surface area (Å²) in [4.78, 5) is 0. The summed E-state index contributed by atoms with van der Waals surface area (Å²) in [7, 11) is 2.13. The molecule has 2 nitrogen and oxygen atoms in total. The quantitative estimate of drug-likeness (QED) is 0.794. The van der Waals surface area contributed by atoms with Crippen molar-refractivity contribution in [2.24, 2.45) is 11.8 Å². The van der Waals surface area contributed by atoms with Crippen molar-refractivity contribution in [3.8, 4) is 0 Å². The summed E-state index contributed by atoms with van der Waals surface area (Å²) in [5.41, 5.74) is 0. The maximum absolute atomic E-state index is 5.82. The van der Waals surface area contributed by atoms with Crippen molar-refractivity contribution in [3.05, 3.63) is 0 Å². The summed E-state index contributed by atoms with van der Waals surface area (Å²) in [6.45, 7) is 3.32. The van der Waals surface area contributed by atoms with Gasteiger partial charge in [-0.1, -0.05) is 19.8 Å². The third-order valence-electron chi connectivity index (χ3n) is 4.75. The molecule has 1 aliphatic carbocycles. The average molecular weight is 239 g/mol. The van der Waals surface area contributed by atoms with Crippen LogP contribution in [0.1, 0.15) is 58.3 Å². The molecule has 4 atom stereocenters. The molecule has 1 saturated heterocycles. The van der Waals surface area contributed by atoms with E-state index in [1.54, 1.807) is 0 Å². The molecule has 0 radical (unpaired) electrons. The van der Waals surface area contributed by atoms with Crippen molar-refractivity contribution < 1.29 is 4.74 Å². The maximum Gasteiger partial charge on any atom is 0.0579 e. The first kappa shape index (κ1) is 13.4. The van der Waals surface area contributed by atoms with Crippen LogP contribution in [0.4, 0.5) is 0 Å². The van der Waals surface area contributed by atoms with E-state index in [-0.39, 0.29) is 0 Å².